The van der Waals surface area contributed by atoms with Gasteiger partial charge in [-0.25, -0.2) is 0 Å². The number of furan rings is 1. The van der Waals surface area contributed by atoms with Crippen molar-refractivity contribution < 1.29 is 4.42 Å². The van der Waals surface area contributed by atoms with E-state index in [0.29, 0.717) is 0 Å². The smallest absolute Gasteiger partial charge is 0.107 e. The van der Waals surface area contributed by atoms with Crippen LogP contribution in [-0.2, 0) is 19.3 Å². The average molecular weight is 363 g/mol. The van der Waals surface area contributed by atoms with Crippen molar-refractivity contribution in [1.29, 1.82) is 0 Å². The molecule has 0 aliphatic rings. The van der Waals surface area contributed by atoms with Crippen molar-refractivity contribution in [2.24, 2.45) is 0 Å². The van der Waals surface area contributed by atoms with Crippen LogP contribution in [-0.4, -0.2) is 0 Å². The molecule has 26 heavy (non-hydrogen) atoms. The van der Waals surface area contributed by atoms with Crippen molar-refractivity contribution in [3.8, 4) is 0 Å². The summed E-state index contributed by atoms with van der Waals surface area (Å²) in [5.74, 6) is 2.58. The van der Waals surface area contributed by atoms with Crippen LogP contribution in [0.2, 0.25) is 0 Å². The highest BCUT2D eigenvalue weighted by molar-refractivity contribution is 5.22. The van der Waals surface area contributed by atoms with Crippen molar-refractivity contribution in [3.05, 3.63) is 23.2 Å². The Balaban J connectivity index is 2.44. The quantitative estimate of drug-likeness (QED) is 0.238. The summed E-state index contributed by atoms with van der Waals surface area (Å²) >= 11 is 0. The van der Waals surface area contributed by atoms with Crippen LogP contribution >= 0.6 is 0 Å². The molecule has 0 radical (unpaired) electrons. The van der Waals surface area contributed by atoms with Crippen LogP contribution in [0.4, 0.5) is 0 Å². The van der Waals surface area contributed by atoms with E-state index in [1.54, 1.807) is 0 Å². The van der Waals surface area contributed by atoms with Gasteiger partial charge in [0.15, 0.2) is 0 Å². The number of hydrogen-bond donors (Lipinski definition) is 0. The van der Waals surface area contributed by atoms with Gasteiger partial charge in [-0.1, -0.05) is 97.8 Å². The van der Waals surface area contributed by atoms with Crippen LogP contribution in [0.25, 0.3) is 0 Å². The molecule has 1 rings (SSSR count). The number of hydrogen-bond acceptors (Lipinski definition) is 1. The SMILES string of the molecule is CCCCCCCc1cc(CCCCCCC)c(CCCCCCC)o1. The summed E-state index contributed by atoms with van der Waals surface area (Å²) in [6.45, 7) is 6.86. The molecule has 0 bridgehead atoms. The van der Waals surface area contributed by atoms with Crippen LogP contribution in [0.1, 0.15) is 134 Å². The van der Waals surface area contributed by atoms with Crippen molar-refractivity contribution in [1.82, 2.24) is 0 Å². The van der Waals surface area contributed by atoms with Gasteiger partial charge < -0.3 is 4.42 Å². The van der Waals surface area contributed by atoms with E-state index in [4.69, 9.17) is 4.42 Å². The molecule has 1 aromatic heterocycles. The third-order valence-corrected chi connectivity index (χ3v) is 5.53. The van der Waals surface area contributed by atoms with Crippen molar-refractivity contribution in [3.63, 3.8) is 0 Å². The lowest BCUT2D eigenvalue weighted by molar-refractivity contribution is 0.442. The third kappa shape index (κ3) is 11.1. The highest BCUT2D eigenvalue weighted by Crippen LogP contribution is 2.23. The van der Waals surface area contributed by atoms with E-state index in [1.165, 1.54) is 120 Å². The van der Waals surface area contributed by atoms with Gasteiger partial charge in [-0.15, -0.1) is 0 Å². The monoisotopic (exact) mass is 362 g/mol. The van der Waals surface area contributed by atoms with Gasteiger partial charge in [0.2, 0.25) is 0 Å². The molecule has 0 amide bonds. The Kier molecular flexibility index (Phi) is 14.8. The van der Waals surface area contributed by atoms with E-state index in [2.05, 4.69) is 26.8 Å². The van der Waals surface area contributed by atoms with E-state index in [0.717, 1.165) is 12.8 Å². The molecule has 0 fully saturated rings. The highest BCUT2D eigenvalue weighted by atomic mass is 16.3. The first-order chi connectivity index (χ1) is 12.8. The Labute approximate surface area is 164 Å². The average Bonchev–Trinajstić information content (AvgIpc) is 3.03. The summed E-state index contributed by atoms with van der Waals surface area (Å²) in [5, 5.41) is 0. The van der Waals surface area contributed by atoms with Crippen LogP contribution in [0, 0.1) is 0 Å². The molecule has 1 aromatic rings. The number of unbranched alkanes of at least 4 members (excludes halogenated alkanes) is 12. The fourth-order valence-electron chi connectivity index (χ4n) is 3.79. The van der Waals surface area contributed by atoms with E-state index in [1.807, 2.05) is 0 Å². The molecular weight excluding hydrogens is 316 g/mol. The molecule has 0 saturated heterocycles. The lowest BCUT2D eigenvalue weighted by atomic mass is 10.0. The Bertz CT molecular complexity index is 386. The minimum atomic E-state index is 1.14. The number of aryl methyl sites for hydroxylation is 3. The highest BCUT2D eigenvalue weighted by Gasteiger charge is 2.11. The second-order valence-electron chi connectivity index (χ2n) is 8.15. The standard InChI is InChI=1S/C25H46O/c1-4-7-10-13-16-19-23-22-24(20-17-14-11-8-5-2)26-25(23)21-18-15-12-9-6-3/h22H,4-21H2,1-3H3. The van der Waals surface area contributed by atoms with Crippen LogP contribution < -0.4 is 0 Å². The second kappa shape index (κ2) is 16.5. The summed E-state index contributed by atoms with van der Waals surface area (Å²) in [7, 11) is 0. The zero-order chi connectivity index (χ0) is 18.9. The molecule has 152 valence electrons. The zero-order valence-electron chi connectivity index (χ0n) is 18.2. The first-order valence-electron chi connectivity index (χ1n) is 11.9. The van der Waals surface area contributed by atoms with E-state index >= 15 is 0 Å². The summed E-state index contributed by atoms with van der Waals surface area (Å²) < 4.78 is 6.31. The maximum absolute atomic E-state index is 6.31. The van der Waals surface area contributed by atoms with Crippen LogP contribution in [0.3, 0.4) is 0 Å². The largest absolute Gasteiger partial charge is 0.466 e. The van der Waals surface area contributed by atoms with Gasteiger partial charge >= 0.3 is 0 Å². The van der Waals surface area contributed by atoms with Gasteiger partial charge in [0, 0.05) is 12.8 Å². The molecule has 0 aromatic carbocycles. The minimum Gasteiger partial charge on any atom is -0.466 e. The Hall–Kier alpha value is -0.720. The van der Waals surface area contributed by atoms with Gasteiger partial charge in [-0.05, 0) is 37.3 Å². The minimum absolute atomic E-state index is 1.14. The second-order valence-corrected chi connectivity index (χ2v) is 8.15. The predicted molar refractivity (Wildman–Crippen MR) is 116 cm³/mol. The lowest BCUT2D eigenvalue weighted by Gasteiger charge is -2.03. The zero-order valence-corrected chi connectivity index (χ0v) is 18.2. The molecule has 0 unspecified atom stereocenters. The van der Waals surface area contributed by atoms with Gasteiger partial charge in [0.25, 0.3) is 0 Å². The number of rotatable bonds is 18. The molecule has 0 atom stereocenters. The fourth-order valence-corrected chi connectivity index (χ4v) is 3.79. The topological polar surface area (TPSA) is 13.1 Å². The Morgan fingerprint density at radius 3 is 1.54 bits per heavy atom. The third-order valence-electron chi connectivity index (χ3n) is 5.53. The summed E-state index contributed by atoms with van der Waals surface area (Å²) in [6.07, 6.45) is 23.8. The molecule has 1 heteroatoms. The normalized spacial score (nSPS) is 11.3. The lowest BCUT2D eigenvalue weighted by Crippen LogP contribution is -1.91. The summed E-state index contributed by atoms with van der Waals surface area (Å²) in [5.41, 5.74) is 1.53. The van der Waals surface area contributed by atoms with Crippen molar-refractivity contribution in [2.45, 2.75) is 136 Å². The summed E-state index contributed by atoms with van der Waals surface area (Å²) in [6, 6.07) is 2.40. The van der Waals surface area contributed by atoms with E-state index in [9.17, 15) is 0 Å². The van der Waals surface area contributed by atoms with Gasteiger partial charge in [-0.2, -0.15) is 0 Å². The molecule has 0 aliphatic heterocycles. The predicted octanol–water partition coefficient (Wildman–Crippen LogP) is 8.82. The molecule has 1 heterocycles. The van der Waals surface area contributed by atoms with E-state index in [-0.39, 0.29) is 0 Å². The van der Waals surface area contributed by atoms with Crippen molar-refractivity contribution in [2.75, 3.05) is 0 Å². The Morgan fingerprint density at radius 2 is 1.00 bits per heavy atom. The molecule has 0 aliphatic carbocycles. The van der Waals surface area contributed by atoms with Crippen molar-refractivity contribution >= 4 is 0 Å². The fraction of sp³-hybridized carbons (Fsp3) is 0.840. The first kappa shape index (κ1) is 23.3. The van der Waals surface area contributed by atoms with Gasteiger partial charge in [-0.3, -0.25) is 0 Å². The molecule has 0 N–H and O–H groups in total. The Morgan fingerprint density at radius 1 is 0.538 bits per heavy atom. The van der Waals surface area contributed by atoms with E-state index < -0.39 is 0 Å². The maximum atomic E-state index is 6.31. The van der Waals surface area contributed by atoms with Gasteiger partial charge in [0.1, 0.15) is 11.5 Å². The van der Waals surface area contributed by atoms with Gasteiger partial charge in [0.05, 0.1) is 0 Å². The molecule has 1 nitrogen and oxygen atoms in total. The van der Waals surface area contributed by atoms with Crippen LogP contribution in [0.5, 0.6) is 0 Å². The molecule has 0 saturated carbocycles. The van der Waals surface area contributed by atoms with Crippen LogP contribution in [0.15, 0.2) is 10.5 Å². The molecular formula is C25H46O. The summed E-state index contributed by atoms with van der Waals surface area (Å²) in [4.78, 5) is 0. The maximum Gasteiger partial charge on any atom is 0.107 e. The first-order valence-corrected chi connectivity index (χ1v) is 11.9. The molecule has 0 spiro atoms.